The molecule has 53 heavy (non-hydrogen) atoms. The number of rotatable bonds is 18. The van der Waals surface area contributed by atoms with Gasteiger partial charge in [0.05, 0.1) is 32.8 Å². The van der Waals surface area contributed by atoms with Crippen molar-refractivity contribution in [2.75, 3.05) is 26.4 Å². The van der Waals surface area contributed by atoms with Crippen molar-refractivity contribution in [2.45, 2.75) is 32.8 Å². The van der Waals surface area contributed by atoms with Crippen LogP contribution >= 0.6 is 0 Å². The maximum absolute atomic E-state index is 13.1. The Morgan fingerprint density at radius 3 is 0.906 bits per heavy atom. The first-order valence-corrected chi connectivity index (χ1v) is 19.8. The number of benzene rings is 6. The van der Waals surface area contributed by atoms with Gasteiger partial charge in [-0.1, -0.05) is 60.7 Å². The van der Waals surface area contributed by atoms with E-state index in [-0.39, 0.29) is 46.0 Å². The van der Waals surface area contributed by atoms with Gasteiger partial charge in [-0.15, -0.1) is 0 Å². The van der Waals surface area contributed by atoms with Crippen LogP contribution in [0.15, 0.2) is 177 Å². The zero-order chi connectivity index (χ0) is 36.9. The summed E-state index contributed by atoms with van der Waals surface area (Å²) in [7, 11) is -7.43. The predicted molar refractivity (Wildman–Crippen MR) is 200 cm³/mol. The van der Waals surface area contributed by atoms with Crippen LogP contribution in [0.2, 0.25) is 0 Å². The van der Waals surface area contributed by atoms with Crippen LogP contribution < -0.4 is 18.9 Å². The Morgan fingerprint density at radius 1 is 0.321 bits per heavy atom. The topological polar surface area (TPSA) is 114 Å². The zero-order valence-corrected chi connectivity index (χ0v) is 30.4. The van der Waals surface area contributed by atoms with Gasteiger partial charge in [0.1, 0.15) is 49.4 Å². The minimum atomic E-state index is -3.72. The molecule has 6 rings (SSSR count). The Hall–Kier alpha value is -5.62. The van der Waals surface area contributed by atoms with Gasteiger partial charge in [-0.2, -0.15) is 0 Å². The first-order chi connectivity index (χ1) is 25.8. The van der Waals surface area contributed by atoms with Crippen molar-refractivity contribution in [1.82, 2.24) is 0 Å². The molecule has 0 aliphatic carbocycles. The molecule has 0 atom stereocenters. The van der Waals surface area contributed by atoms with Gasteiger partial charge in [0.15, 0.2) is 0 Å². The van der Waals surface area contributed by atoms with Gasteiger partial charge in [-0.05, 0) is 108 Å². The lowest BCUT2D eigenvalue weighted by Gasteiger charge is -2.11. The summed E-state index contributed by atoms with van der Waals surface area (Å²) in [6.45, 7) is 1.86. The zero-order valence-electron chi connectivity index (χ0n) is 28.7. The highest BCUT2D eigenvalue weighted by molar-refractivity contribution is 7.91. The molecule has 272 valence electrons. The third kappa shape index (κ3) is 10.3. The SMILES string of the molecule is O=S(=O)(c1ccc(OCCOCCOc2ccc(S(=O)(=O)c3ccc(OCc4ccccc4)cc3)cc2)cc1)c1ccc(OCc2ccccc2)cc1. The molecule has 0 radical (unpaired) electrons. The van der Waals surface area contributed by atoms with Crippen molar-refractivity contribution < 1.29 is 40.5 Å². The quantitative estimate of drug-likeness (QED) is 0.0807. The van der Waals surface area contributed by atoms with Gasteiger partial charge in [-0.3, -0.25) is 0 Å². The molecule has 0 saturated carbocycles. The van der Waals surface area contributed by atoms with Crippen LogP contribution in [0.25, 0.3) is 0 Å². The highest BCUT2D eigenvalue weighted by Gasteiger charge is 2.19. The van der Waals surface area contributed by atoms with Gasteiger partial charge in [0.2, 0.25) is 19.7 Å². The number of ether oxygens (including phenoxy) is 5. The second kappa shape index (κ2) is 17.7. The fourth-order valence-corrected chi connectivity index (χ4v) is 7.67. The molecule has 0 amide bonds. The molecule has 0 aromatic heterocycles. The van der Waals surface area contributed by atoms with Crippen molar-refractivity contribution in [3.63, 3.8) is 0 Å². The van der Waals surface area contributed by atoms with E-state index < -0.39 is 19.7 Å². The van der Waals surface area contributed by atoms with Crippen LogP contribution in [-0.2, 0) is 37.6 Å². The Labute approximate surface area is 310 Å². The molecule has 0 N–H and O–H groups in total. The molecule has 0 fully saturated rings. The van der Waals surface area contributed by atoms with Gasteiger partial charge >= 0.3 is 0 Å². The largest absolute Gasteiger partial charge is 0.491 e. The van der Waals surface area contributed by atoms with Crippen molar-refractivity contribution >= 4 is 19.7 Å². The predicted octanol–water partition coefficient (Wildman–Crippen LogP) is 7.98. The van der Waals surface area contributed by atoms with E-state index in [0.717, 1.165) is 11.1 Å². The van der Waals surface area contributed by atoms with E-state index in [9.17, 15) is 16.8 Å². The van der Waals surface area contributed by atoms with E-state index >= 15 is 0 Å². The van der Waals surface area contributed by atoms with Gasteiger partial charge in [-0.25, -0.2) is 16.8 Å². The third-order valence-corrected chi connectivity index (χ3v) is 11.6. The molecule has 9 nitrogen and oxygen atoms in total. The average Bonchev–Trinajstić information content (AvgIpc) is 3.20. The van der Waals surface area contributed by atoms with E-state index in [1.807, 2.05) is 60.7 Å². The standard InChI is InChI=1S/C42H38O9S2/c43-52(44,41-23-15-37(16-24-41)50-31-33-7-3-1-4-8-33)39-19-11-35(12-20-39)48-29-27-47-28-30-49-36-13-21-40(22-14-36)53(45,46)42-25-17-38(18-26-42)51-32-34-9-5-2-6-10-34/h1-26H,27-32H2. The van der Waals surface area contributed by atoms with Crippen LogP contribution in [0.3, 0.4) is 0 Å². The van der Waals surface area contributed by atoms with Gasteiger partial charge < -0.3 is 23.7 Å². The molecule has 6 aromatic carbocycles. The van der Waals surface area contributed by atoms with Gasteiger partial charge in [0, 0.05) is 0 Å². The molecule has 0 unspecified atom stereocenters. The Morgan fingerprint density at radius 2 is 0.604 bits per heavy atom. The molecule has 0 aliphatic heterocycles. The van der Waals surface area contributed by atoms with E-state index in [1.165, 1.54) is 48.5 Å². The lowest BCUT2D eigenvalue weighted by atomic mass is 10.2. The second-order valence-corrected chi connectivity index (χ2v) is 15.6. The smallest absolute Gasteiger partial charge is 0.206 e. The highest BCUT2D eigenvalue weighted by Crippen LogP contribution is 2.27. The fraction of sp³-hybridized carbons (Fsp3) is 0.143. The van der Waals surface area contributed by atoms with Crippen LogP contribution in [0, 0.1) is 0 Å². The molecular weight excluding hydrogens is 713 g/mol. The summed E-state index contributed by atoms with van der Waals surface area (Å²) in [5, 5.41) is 0. The van der Waals surface area contributed by atoms with Crippen LogP contribution in [0.1, 0.15) is 11.1 Å². The summed E-state index contributed by atoms with van der Waals surface area (Å²) in [6.07, 6.45) is 0. The first kappa shape index (κ1) is 37.1. The first-order valence-electron chi connectivity index (χ1n) is 16.8. The average molecular weight is 751 g/mol. The third-order valence-electron chi connectivity index (χ3n) is 8.03. The number of sulfone groups is 2. The Bertz CT molecular complexity index is 2080. The lowest BCUT2D eigenvalue weighted by molar-refractivity contribution is 0.0764. The highest BCUT2D eigenvalue weighted by atomic mass is 32.2. The maximum atomic E-state index is 13.1. The summed E-state index contributed by atoms with van der Waals surface area (Å²) in [4.78, 5) is 0.644. The molecule has 0 heterocycles. The second-order valence-electron chi connectivity index (χ2n) is 11.8. The van der Waals surface area contributed by atoms with Crippen LogP contribution in [0.4, 0.5) is 0 Å². The minimum absolute atomic E-state index is 0.153. The summed E-state index contributed by atoms with van der Waals surface area (Å²) < 4.78 is 81.1. The fourth-order valence-electron chi connectivity index (χ4n) is 5.15. The Balaban J connectivity index is 0.883. The normalized spacial score (nSPS) is 11.5. The van der Waals surface area contributed by atoms with Crippen molar-refractivity contribution in [3.8, 4) is 23.0 Å². The minimum Gasteiger partial charge on any atom is -0.491 e. The monoisotopic (exact) mass is 750 g/mol. The summed E-state index contributed by atoms with van der Waals surface area (Å²) in [5.41, 5.74) is 2.04. The maximum Gasteiger partial charge on any atom is 0.206 e. The summed E-state index contributed by atoms with van der Waals surface area (Å²) >= 11 is 0. The Kier molecular flexibility index (Phi) is 12.4. The molecule has 0 aliphatic rings. The van der Waals surface area contributed by atoms with E-state index in [2.05, 4.69) is 0 Å². The number of hydrogen-bond acceptors (Lipinski definition) is 9. The van der Waals surface area contributed by atoms with Crippen LogP contribution in [0.5, 0.6) is 23.0 Å². The van der Waals surface area contributed by atoms with Crippen molar-refractivity contribution in [2.24, 2.45) is 0 Å². The lowest BCUT2D eigenvalue weighted by Crippen LogP contribution is -2.12. The molecule has 6 aromatic rings. The van der Waals surface area contributed by atoms with Crippen molar-refractivity contribution in [1.29, 1.82) is 0 Å². The molecular formula is C42H38O9S2. The van der Waals surface area contributed by atoms with Crippen LogP contribution in [-0.4, -0.2) is 43.3 Å². The van der Waals surface area contributed by atoms with E-state index in [1.54, 1.807) is 48.5 Å². The van der Waals surface area contributed by atoms with E-state index in [0.29, 0.717) is 36.2 Å². The van der Waals surface area contributed by atoms with Gasteiger partial charge in [0.25, 0.3) is 0 Å². The molecule has 11 heteroatoms. The molecule has 0 spiro atoms. The summed E-state index contributed by atoms with van der Waals surface area (Å²) in [5.74, 6) is 2.18. The molecule has 0 bridgehead atoms. The summed E-state index contributed by atoms with van der Waals surface area (Å²) in [6, 6.07) is 44.6. The van der Waals surface area contributed by atoms with E-state index in [4.69, 9.17) is 23.7 Å². The number of hydrogen-bond donors (Lipinski definition) is 0. The van der Waals surface area contributed by atoms with Crippen molar-refractivity contribution in [3.05, 3.63) is 169 Å². The molecule has 0 saturated heterocycles.